The molecule has 0 radical (unpaired) electrons. The summed E-state index contributed by atoms with van der Waals surface area (Å²) in [7, 11) is 4.80. The summed E-state index contributed by atoms with van der Waals surface area (Å²) in [5, 5.41) is 0. The lowest BCUT2D eigenvalue weighted by Gasteiger charge is -2.02. The second kappa shape index (κ2) is 4.62. The standard InChI is InChI=1S/C14H14N4O3/c1-16-10(5-4-9-6-7-21-8-9)15-12-11(16)13(19)18(3)14(20)17(12)2/h4-8H,1-3H3/b5-4+. The predicted molar refractivity (Wildman–Crippen MR) is 78.8 cm³/mol. The number of hydrogen-bond donors (Lipinski definition) is 0. The molecule has 108 valence electrons. The molecule has 0 fully saturated rings. The predicted octanol–water partition coefficient (Wildman–Crippen LogP) is 0.734. The lowest BCUT2D eigenvalue weighted by Crippen LogP contribution is -2.37. The molecule has 0 atom stereocenters. The summed E-state index contributed by atoms with van der Waals surface area (Å²) in [5.41, 5.74) is 0.912. The first-order valence-electron chi connectivity index (χ1n) is 6.33. The van der Waals surface area contributed by atoms with Crippen LogP contribution in [0.4, 0.5) is 0 Å². The molecule has 7 nitrogen and oxygen atoms in total. The molecule has 0 bridgehead atoms. The third-order valence-electron chi connectivity index (χ3n) is 3.48. The molecule has 0 N–H and O–H groups in total. The van der Waals surface area contributed by atoms with Crippen molar-refractivity contribution >= 4 is 23.3 Å². The quantitative estimate of drug-likeness (QED) is 0.696. The Bertz CT molecular complexity index is 955. The van der Waals surface area contributed by atoms with Gasteiger partial charge in [-0.05, 0) is 18.2 Å². The number of fused-ring (bicyclic) bond motifs is 1. The zero-order valence-corrected chi connectivity index (χ0v) is 11.9. The Labute approximate surface area is 119 Å². The van der Waals surface area contributed by atoms with Crippen molar-refractivity contribution < 1.29 is 4.42 Å². The lowest BCUT2D eigenvalue weighted by atomic mass is 10.3. The van der Waals surface area contributed by atoms with E-state index in [0.29, 0.717) is 17.0 Å². The average Bonchev–Trinajstić information content (AvgIpc) is 3.09. The Morgan fingerprint density at radius 2 is 1.86 bits per heavy atom. The van der Waals surface area contributed by atoms with Crippen LogP contribution in [0.25, 0.3) is 23.3 Å². The minimum Gasteiger partial charge on any atom is -0.472 e. The van der Waals surface area contributed by atoms with Crippen LogP contribution in [0.3, 0.4) is 0 Å². The molecule has 0 saturated carbocycles. The van der Waals surface area contributed by atoms with Gasteiger partial charge in [0.2, 0.25) is 0 Å². The number of aryl methyl sites for hydroxylation is 2. The Hall–Kier alpha value is -2.83. The molecule has 3 heterocycles. The second-order valence-corrected chi connectivity index (χ2v) is 4.80. The molecule has 0 aromatic carbocycles. The van der Waals surface area contributed by atoms with Gasteiger partial charge in [0.25, 0.3) is 5.56 Å². The van der Waals surface area contributed by atoms with Crippen molar-refractivity contribution in [2.75, 3.05) is 0 Å². The van der Waals surface area contributed by atoms with Gasteiger partial charge in [0, 0.05) is 26.7 Å². The highest BCUT2D eigenvalue weighted by molar-refractivity contribution is 5.76. The van der Waals surface area contributed by atoms with E-state index in [1.165, 1.54) is 11.6 Å². The highest BCUT2D eigenvalue weighted by Gasteiger charge is 2.15. The molecule has 0 spiro atoms. The average molecular weight is 286 g/mol. The molecule has 3 aromatic rings. The van der Waals surface area contributed by atoms with Crippen molar-refractivity contribution in [3.8, 4) is 0 Å². The normalized spacial score (nSPS) is 11.8. The van der Waals surface area contributed by atoms with E-state index in [-0.39, 0.29) is 5.56 Å². The van der Waals surface area contributed by atoms with Crippen LogP contribution in [0, 0.1) is 0 Å². The molecule has 0 aliphatic rings. The fourth-order valence-electron chi connectivity index (χ4n) is 2.22. The number of imidazole rings is 1. The summed E-state index contributed by atoms with van der Waals surface area (Å²) in [6.07, 6.45) is 6.78. The maximum Gasteiger partial charge on any atom is 0.332 e. The van der Waals surface area contributed by atoms with E-state index in [1.54, 1.807) is 37.3 Å². The van der Waals surface area contributed by atoms with Gasteiger partial charge >= 0.3 is 5.69 Å². The van der Waals surface area contributed by atoms with E-state index in [0.717, 1.165) is 10.1 Å². The summed E-state index contributed by atoms with van der Waals surface area (Å²) in [5.74, 6) is 0.588. The van der Waals surface area contributed by atoms with E-state index in [1.807, 2.05) is 12.1 Å². The zero-order valence-electron chi connectivity index (χ0n) is 11.9. The summed E-state index contributed by atoms with van der Waals surface area (Å²) in [4.78, 5) is 28.5. The maximum atomic E-state index is 12.2. The van der Waals surface area contributed by atoms with Gasteiger partial charge in [-0.15, -0.1) is 0 Å². The SMILES string of the molecule is Cn1c(=O)c2c(nc(/C=C/c3ccoc3)n2C)n(C)c1=O. The summed E-state index contributed by atoms with van der Waals surface area (Å²) in [6, 6.07) is 1.81. The first-order chi connectivity index (χ1) is 10.0. The Morgan fingerprint density at radius 3 is 2.52 bits per heavy atom. The molecule has 3 rings (SSSR count). The molecule has 0 saturated heterocycles. The Balaban J connectivity index is 2.26. The van der Waals surface area contributed by atoms with Crippen molar-refractivity contribution in [2.24, 2.45) is 21.1 Å². The van der Waals surface area contributed by atoms with E-state index in [9.17, 15) is 9.59 Å². The molecule has 0 aliphatic heterocycles. The van der Waals surface area contributed by atoms with E-state index in [4.69, 9.17) is 4.42 Å². The molecule has 0 aliphatic carbocycles. The first kappa shape index (κ1) is 13.2. The third-order valence-corrected chi connectivity index (χ3v) is 3.48. The van der Waals surface area contributed by atoms with Crippen LogP contribution >= 0.6 is 0 Å². The van der Waals surface area contributed by atoms with Crippen LogP contribution < -0.4 is 11.2 Å². The summed E-state index contributed by atoms with van der Waals surface area (Å²) < 4.78 is 9.10. The van der Waals surface area contributed by atoms with Gasteiger partial charge in [-0.2, -0.15) is 0 Å². The molecular weight excluding hydrogens is 272 g/mol. The van der Waals surface area contributed by atoms with E-state index in [2.05, 4.69) is 4.98 Å². The van der Waals surface area contributed by atoms with Crippen molar-refractivity contribution in [1.82, 2.24) is 18.7 Å². The van der Waals surface area contributed by atoms with Gasteiger partial charge < -0.3 is 8.98 Å². The van der Waals surface area contributed by atoms with Crippen LogP contribution in [-0.2, 0) is 21.1 Å². The topological polar surface area (TPSA) is 75.0 Å². The maximum absolute atomic E-state index is 12.2. The van der Waals surface area contributed by atoms with Crippen LogP contribution in [0.5, 0.6) is 0 Å². The minimum atomic E-state index is -0.393. The van der Waals surface area contributed by atoms with Gasteiger partial charge in [-0.1, -0.05) is 0 Å². The largest absolute Gasteiger partial charge is 0.472 e. The van der Waals surface area contributed by atoms with Gasteiger partial charge in [0.05, 0.1) is 12.5 Å². The van der Waals surface area contributed by atoms with E-state index >= 15 is 0 Å². The lowest BCUT2D eigenvalue weighted by molar-refractivity contribution is 0.567. The fraction of sp³-hybridized carbons (Fsp3) is 0.214. The Kier molecular flexibility index (Phi) is 2.90. The number of rotatable bonds is 2. The van der Waals surface area contributed by atoms with Crippen LogP contribution in [-0.4, -0.2) is 18.7 Å². The third kappa shape index (κ3) is 1.94. The number of hydrogen-bond acceptors (Lipinski definition) is 4. The molecule has 7 heteroatoms. The van der Waals surface area contributed by atoms with Crippen molar-refractivity contribution in [3.05, 3.63) is 50.8 Å². The van der Waals surface area contributed by atoms with Crippen LogP contribution in [0.15, 0.2) is 32.6 Å². The molecule has 0 amide bonds. The van der Waals surface area contributed by atoms with Crippen molar-refractivity contribution in [1.29, 1.82) is 0 Å². The van der Waals surface area contributed by atoms with Gasteiger partial charge in [-0.3, -0.25) is 13.9 Å². The summed E-state index contributed by atoms with van der Waals surface area (Å²) in [6.45, 7) is 0. The Morgan fingerprint density at radius 1 is 1.10 bits per heavy atom. The van der Waals surface area contributed by atoms with Crippen LogP contribution in [0.1, 0.15) is 11.4 Å². The monoisotopic (exact) mass is 286 g/mol. The van der Waals surface area contributed by atoms with Crippen molar-refractivity contribution in [3.63, 3.8) is 0 Å². The van der Waals surface area contributed by atoms with Crippen LogP contribution in [0.2, 0.25) is 0 Å². The molecule has 21 heavy (non-hydrogen) atoms. The van der Waals surface area contributed by atoms with E-state index < -0.39 is 5.69 Å². The molecule has 0 unspecified atom stereocenters. The highest BCUT2D eigenvalue weighted by atomic mass is 16.3. The van der Waals surface area contributed by atoms with Crippen molar-refractivity contribution in [2.45, 2.75) is 0 Å². The smallest absolute Gasteiger partial charge is 0.332 e. The van der Waals surface area contributed by atoms with Gasteiger partial charge in [0.15, 0.2) is 11.2 Å². The fourth-order valence-corrected chi connectivity index (χ4v) is 2.22. The summed E-state index contributed by atoms with van der Waals surface area (Å²) >= 11 is 0. The minimum absolute atomic E-state index is 0.355. The number of nitrogens with zero attached hydrogens (tertiary/aromatic N) is 4. The van der Waals surface area contributed by atoms with Gasteiger partial charge in [0.1, 0.15) is 5.82 Å². The molecule has 3 aromatic heterocycles. The number of aromatic nitrogens is 4. The first-order valence-corrected chi connectivity index (χ1v) is 6.33. The zero-order chi connectivity index (χ0) is 15.1. The molecular formula is C14H14N4O3. The van der Waals surface area contributed by atoms with Gasteiger partial charge in [-0.25, -0.2) is 9.78 Å². The highest BCUT2D eigenvalue weighted by Crippen LogP contribution is 2.12. The second-order valence-electron chi connectivity index (χ2n) is 4.80. The number of furan rings is 1.